The molecule has 2 rings (SSSR count). The molecule has 0 aliphatic carbocycles. The summed E-state index contributed by atoms with van der Waals surface area (Å²) >= 11 is 0. The molecule has 0 aromatic heterocycles. The topological polar surface area (TPSA) is 65.0 Å². The van der Waals surface area contributed by atoms with Crippen LogP contribution in [-0.4, -0.2) is 49.5 Å². The van der Waals surface area contributed by atoms with Crippen LogP contribution in [0.5, 0.6) is 0 Å². The normalized spacial score (nSPS) is 29.4. The Morgan fingerprint density at radius 1 is 1.40 bits per heavy atom. The number of carbonyl (C=O) groups is 1. The molecule has 1 aliphatic rings. The monoisotopic (exact) mass is 284 g/mol. The highest BCUT2D eigenvalue weighted by Crippen LogP contribution is 2.24. The molecule has 1 aromatic carbocycles. The molecule has 110 valence electrons. The lowest BCUT2D eigenvalue weighted by Gasteiger charge is -2.13. The quantitative estimate of drug-likeness (QED) is 0.842. The van der Waals surface area contributed by atoms with Crippen molar-refractivity contribution >= 4 is 5.97 Å². The van der Waals surface area contributed by atoms with E-state index < -0.39 is 30.6 Å². The number of aliphatic hydroxyl groups is 1. The van der Waals surface area contributed by atoms with Gasteiger partial charge in [-0.15, -0.1) is 0 Å². The number of carbonyl (C=O) groups excluding carboxylic acids is 1. The second-order valence-corrected chi connectivity index (χ2v) is 4.68. The van der Waals surface area contributed by atoms with Crippen LogP contribution in [0.25, 0.3) is 0 Å². The number of benzene rings is 1. The second kappa shape index (κ2) is 6.30. The van der Waals surface area contributed by atoms with Gasteiger partial charge in [-0.25, -0.2) is 9.18 Å². The number of aliphatic hydroxyl groups excluding tert-OH is 1. The smallest absolute Gasteiger partial charge is 0.338 e. The Hall–Kier alpha value is -1.50. The van der Waals surface area contributed by atoms with E-state index >= 15 is 0 Å². The van der Waals surface area contributed by atoms with E-state index in [2.05, 4.69) is 0 Å². The van der Waals surface area contributed by atoms with Crippen LogP contribution >= 0.6 is 0 Å². The highest BCUT2D eigenvalue weighted by Gasteiger charge is 2.45. The number of methoxy groups -OCH3 is 1. The Morgan fingerprint density at radius 3 is 2.60 bits per heavy atom. The Kier molecular flexibility index (Phi) is 4.69. The van der Waals surface area contributed by atoms with Crippen molar-refractivity contribution in [3.8, 4) is 0 Å². The SMILES string of the molecule is COC1O[C@H](COC(=O)c2ccc(C)cc2)[C@@H](F)[C@H]1O. The molecule has 0 amide bonds. The summed E-state index contributed by atoms with van der Waals surface area (Å²) in [4.78, 5) is 11.8. The van der Waals surface area contributed by atoms with Crippen molar-refractivity contribution in [2.24, 2.45) is 0 Å². The summed E-state index contributed by atoms with van der Waals surface area (Å²) in [6, 6.07) is 6.83. The molecule has 20 heavy (non-hydrogen) atoms. The van der Waals surface area contributed by atoms with Gasteiger partial charge in [0.15, 0.2) is 12.5 Å². The molecule has 1 heterocycles. The van der Waals surface area contributed by atoms with E-state index in [0.29, 0.717) is 5.56 Å². The van der Waals surface area contributed by atoms with E-state index in [1.165, 1.54) is 7.11 Å². The number of ether oxygens (including phenoxy) is 3. The van der Waals surface area contributed by atoms with E-state index in [1.807, 2.05) is 6.92 Å². The molecule has 0 spiro atoms. The van der Waals surface area contributed by atoms with Gasteiger partial charge in [0, 0.05) is 7.11 Å². The van der Waals surface area contributed by atoms with Crippen LogP contribution in [0.1, 0.15) is 15.9 Å². The van der Waals surface area contributed by atoms with Crippen LogP contribution in [0, 0.1) is 6.92 Å². The minimum Gasteiger partial charge on any atom is -0.459 e. The predicted molar refractivity (Wildman–Crippen MR) is 68.0 cm³/mol. The van der Waals surface area contributed by atoms with Gasteiger partial charge in [0.2, 0.25) is 0 Å². The molecule has 6 heteroatoms. The molecule has 5 nitrogen and oxygen atoms in total. The molecule has 1 aliphatic heterocycles. The van der Waals surface area contributed by atoms with Gasteiger partial charge in [-0.1, -0.05) is 17.7 Å². The fraction of sp³-hybridized carbons (Fsp3) is 0.500. The first kappa shape index (κ1) is 14.9. The average Bonchev–Trinajstić information content (AvgIpc) is 2.73. The fourth-order valence-electron chi connectivity index (χ4n) is 1.95. The largest absolute Gasteiger partial charge is 0.459 e. The number of halogens is 1. The minimum absolute atomic E-state index is 0.273. The van der Waals surface area contributed by atoms with Gasteiger partial charge in [0.05, 0.1) is 5.56 Å². The minimum atomic E-state index is -1.65. The number of hydrogen-bond donors (Lipinski definition) is 1. The zero-order valence-electron chi connectivity index (χ0n) is 11.3. The third kappa shape index (κ3) is 3.15. The maximum Gasteiger partial charge on any atom is 0.338 e. The summed E-state index contributed by atoms with van der Waals surface area (Å²) in [6.45, 7) is 1.63. The van der Waals surface area contributed by atoms with Crippen LogP contribution in [0.4, 0.5) is 4.39 Å². The lowest BCUT2D eigenvalue weighted by Crippen LogP contribution is -2.31. The first-order valence-corrected chi connectivity index (χ1v) is 6.27. The zero-order valence-corrected chi connectivity index (χ0v) is 11.3. The van der Waals surface area contributed by atoms with E-state index in [-0.39, 0.29) is 6.61 Å². The molecule has 1 aromatic rings. The first-order valence-electron chi connectivity index (χ1n) is 6.27. The highest BCUT2D eigenvalue weighted by molar-refractivity contribution is 5.89. The maximum absolute atomic E-state index is 13.7. The van der Waals surface area contributed by atoms with Gasteiger partial charge >= 0.3 is 5.97 Å². The van der Waals surface area contributed by atoms with Gasteiger partial charge < -0.3 is 19.3 Å². The van der Waals surface area contributed by atoms with Gasteiger partial charge in [-0.05, 0) is 19.1 Å². The molecular formula is C14H17FO5. The summed E-state index contributed by atoms with van der Waals surface area (Å²) in [5, 5.41) is 9.48. The Labute approximate surface area is 116 Å². The Bertz CT molecular complexity index is 461. The van der Waals surface area contributed by atoms with Crippen molar-refractivity contribution in [2.45, 2.75) is 31.6 Å². The molecule has 0 radical (unpaired) electrons. The van der Waals surface area contributed by atoms with Crippen LogP contribution in [-0.2, 0) is 14.2 Å². The Balaban J connectivity index is 1.89. The van der Waals surface area contributed by atoms with Crippen molar-refractivity contribution in [1.29, 1.82) is 0 Å². The molecule has 1 saturated heterocycles. The number of aryl methyl sites for hydroxylation is 1. The van der Waals surface area contributed by atoms with E-state index in [0.717, 1.165) is 5.56 Å². The van der Waals surface area contributed by atoms with Crippen molar-refractivity contribution in [3.63, 3.8) is 0 Å². The summed E-state index contributed by atoms with van der Waals surface area (Å²) in [7, 11) is 1.31. The van der Waals surface area contributed by atoms with Crippen molar-refractivity contribution in [3.05, 3.63) is 35.4 Å². The van der Waals surface area contributed by atoms with Gasteiger partial charge in [0.25, 0.3) is 0 Å². The average molecular weight is 284 g/mol. The number of rotatable bonds is 4. The van der Waals surface area contributed by atoms with Gasteiger partial charge in [-0.3, -0.25) is 0 Å². The molecule has 0 bridgehead atoms. The van der Waals surface area contributed by atoms with Crippen molar-refractivity contribution in [2.75, 3.05) is 13.7 Å². The molecule has 0 saturated carbocycles. The number of esters is 1. The van der Waals surface area contributed by atoms with Gasteiger partial charge in [0.1, 0.15) is 18.8 Å². The summed E-state index contributed by atoms with van der Waals surface area (Å²) in [6.07, 6.45) is -5.08. The number of hydrogen-bond acceptors (Lipinski definition) is 5. The molecule has 1 unspecified atom stereocenters. The van der Waals surface area contributed by atoms with E-state index in [9.17, 15) is 14.3 Å². The standard InChI is InChI=1S/C14H17FO5/c1-8-3-5-9(6-4-8)13(17)19-7-10-11(15)12(16)14(18-2)20-10/h3-6,10-12,14,16H,7H2,1-2H3/t10-,11-,12-,14?/m1/s1. The maximum atomic E-state index is 13.7. The highest BCUT2D eigenvalue weighted by atomic mass is 19.1. The summed E-state index contributed by atoms with van der Waals surface area (Å²) in [5.41, 5.74) is 1.41. The summed E-state index contributed by atoms with van der Waals surface area (Å²) < 4.78 is 28.6. The lowest BCUT2D eigenvalue weighted by atomic mass is 10.1. The second-order valence-electron chi connectivity index (χ2n) is 4.68. The lowest BCUT2D eigenvalue weighted by molar-refractivity contribution is -0.153. The number of alkyl halides is 1. The first-order chi connectivity index (χ1) is 9.52. The van der Waals surface area contributed by atoms with Crippen molar-refractivity contribution in [1.82, 2.24) is 0 Å². The van der Waals surface area contributed by atoms with Gasteiger partial charge in [-0.2, -0.15) is 0 Å². The molecular weight excluding hydrogens is 267 g/mol. The zero-order chi connectivity index (χ0) is 14.7. The van der Waals surface area contributed by atoms with Crippen LogP contribution in [0.3, 0.4) is 0 Å². The molecule has 1 N–H and O–H groups in total. The Morgan fingerprint density at radius 2 is 2.05 bits per heavy atom. The summed E-state index contributed by atoms with van der Waals surface area (Å²) in [5.74, 6) is -0.559. The fourth-order valence-corrected chi connectivity index (χ4v) is 1.95. The third-order valence-corrected chi connectivity index (χ3v) is 3.17. The predicted octanol–water partition coefficient (Wildman–Crippen LogP) is 1.22. The van der Waals surface area contributed by atoms with E-state index in [4.69, 9.17) is 14.2 Å². The van der Waals surface area contributed by atoms with E-state index in [1.54, 1.807) is 24.3 Å². The van der Waals surface area contributed by atoms with Crippen LogP contribution in [0.15, 0.2) is 24.3 Å². The third-order valence-electron chi connectivity index (χ3n) is 3.17. The van der Waals surface area contributed by atoms with Crippen LogP contribution in [0.2, 0.25) is 0 Å². The molecule has 1 fully saturated rings. The molecule has 4 atom stereocenters. The van der Waals surface area contributed by atoms with Crippen LogP contribution < -0.4 is 0 Å². The van der Waals surface area contributed by atoms with Crippen molar-refractivity contribution < 1.29 is 28.5 Å².